The van der Waals surface area contributed by atoms with E-state index in [1.54, 1.807) is 11.9 Å². The smallest absolute Gasteiger partial charge is 0.364 e. The summed E-state index contributed by atoms with van der Waals surface area (Å²) in [6, 6.07) is 5.81. The third kappa shape index (κ3) is 4.47. The molecule has 0 saturated carbocycles. The topological polar surface area (TPSA) is 92.4 Å². The second kappa shape index (κ2) is 7.69. The summed E-state index contributed by atoms with van der Waals surface area (Å²) in [6.07, 6.45) is -3.74. The van der Waals surface area contributed by atoms with Crippen LogP contribution in [0.2, 0.25) is 0 Å². The first-order valence-electron chi connectivity index (χ1n) is 8.91. The van der Waals surface area contributed by atoms with Crippen LogP contribution in [0.1, 0.15) is 29.4 Å². The lowest BCUT2D eigenvalue weighted by Gasteiger charge is -2.23. The summed E-state index contributed by atoms with van der Waals surface area (Å²) >= 11 is 0. The number of rotatable bonds is 4. The Hall–Kier alpha value is -3.17. The number of carbonyl (C=O) groups excluding carboxylic acids is 2. The van der Waals surface area contributed by atoms with Crippen molar-refractivity contribution in [2.75, 3.05) is 25.0 Å². The lowest BCUT2D eigenvalue weighted by atomic mass is 10.1. The standard InChI is InChI=1S/C19H20F3N5O2/c1-11(28)26(2)14-7-8-27(10-14)18-24-15(9-16(25-18)17(23)29)12-3-5-13(6-4-12)19(20,21)22/h3-6,9,14H,7-8,10H2,1-2H3,(H2,23,29). The van der Waals surface area contributed by atoms with Crippen LogP contribution in [0, 0.1) is 0 Å². The number of primary amides is 1. The van der Waals surface area contributed by atoms with Crippen molar-refractivity contribution in [1.29, 1.82) is 0 Å². The zero-order valence-electron chi connectivity index (χ0n) is 15.9. The highest BCUT2D eigenvalue weighted by molar-refractivity contribution is 5.92. The number of likely N-dealkylation sites (N-methyl/N-ethyl adjacent to an activating group) is 1. The van der Waals surface area contributed by atoms with Gasteiger partial charge in [0.15, 0.2) is 0 Å². The van der Waals surface area contributed by atoms with Crippen molar-refractivity contribution in [3.63, 3.8) is 0 Å². The van der Waals surface area contributed by atoms with Crippen molar-refractivity contribution in [3.8, 4) is 11.3 Å². The van der Waals surface area contributed by atoms with E-state index in [0.717, 1.165) is 12.1 Å². The number of halogens is 3. The van der Waals surface area contributed by atoms with Crippen molar-refractivity contribution < 1.29 is 22.8 Å². The fourth-order valence-electron chi connectivity index (χ4n) is 3.18. The van der Waals surface area contributed by atoms with Crippen LogP contribution in [0.25, 0.3) is 11.3 Å². The highest BCUT2D eigenvalue weighted by atomic mass is 19.4. The molecular formula is C19H20F3N5O2. The molecule has 1 fully saturated rings. The van der Waals surface area contributed by atoms with Gasteiger partial charge < -0.3 is 15.5 Å². The Labute approximate surface area is 165 Å². The summed E-state index contributed by atoms with van der Waals surface area (Å²) in [5, 5.41) is 0. The molecular weight excluding hydrogens is 387 g/mol. The lowest BCUT2D eigenvalue weighted by molar-refractivity contribution is -0.137. The minimum absolute atomic E-state index is 0.0251. The predicted octanol–water partition coefficient (Wildman–Crippen LogP) is 2.32. The molecule has 1 aromatic heterocycles. The second-order valence-electron chi connectivity index (χ2n) is 6.90. The number of amides is 2. The highest BCUT2D eigenvalue weighted by Crippen LogP contribution is 2.31. The molecule has 0 bridgehead atoms. The van der Waals surface area contributed by atoms with Crippen LogP contribution in [-0.4, -0.2) is 52.9 Å². The third-order valence-electron chi connectivity index (χ3n) is 4.97. The Kier molecular flexibility index (Phi) is 5.45. The fraction of sp³-hybridized carbons (Fsp3) is 0.368. The minimum Gasteiger partial charge on any atom is -0.364 e. The zero-order valence-corrected chi connectivity index (χ0v) is 15.9. The Morgan fingerprint density at radius 1 is 1.21 bits per heavy atom. The van der Waals surface area contributed by atoms with Crippen molar-refractivity contribution in [3.05, 3.63) is 41.6 Å². The van der Waals surface area contributed by atoms with Gasteiger partial charge in [-0.05, 0) is 24.6 Å². The van der Waals surface area contributed by atoms with Gasteiger partial charge in [0.25, 0.3) is 5.91 Å². The van der Waals surface area contributed by atoms with Crippen LogP contribution < -0.4 is 10.6 Å². The molecule has 10 heteroatoms. The van der Waals surface area contributed by atoms with Gasteiger partial charge in [-0.25, -0.2) is 9.97 Å². The summed E-state index contributed by atoms with van der Waals surface area (Å²) in [6.45, 7) is 2.53. The van der Waals surface area contributed by atoms with Gasteiger partial charge in [0.1, 0.15) is 5.69 Å². The molecule has 2 aromatic rings. The Morgan fingerprint density at radius 3 is 2.41 bits per heavy atom. The van der Waals surface area contributed by atoms with E-state index in [0.29, 0.717) is 30.8 Å². The summed E-state index contributed by atoms with van der Waals surface area (Å²) in [5.74, 6) is -0.580. The molecule has 1 aromatic carbocycles. The van der Waals surface area contributed by atoms with Crippen LogP contribution >= 0.6 is 0 Å². The number of nitrogens with two attached hydrogens (primary N) is 1. The Bertz CT molecular complexity index is 930. The number of anilines is 1. The number of nitrogens with zero attached hydrogens (tertiary/aromatic N) is 4. The summed E-state index contributed by atoms with van der Waals surface area (Å²) < 4.78 is 38.4. The summed E-state index contributed by atoms with van der Waals surface area (Å²) in [7, 11) is 1.71. The average molecular weight is 407 g/mol. The molecule has 1 unspecified atom stereocenters. The molecule has 1 aliphatic heterocycles. The number of hydrogen-bond acceptors (Lipinski definition) is 5. The third-order valence-corrected chi connectivity index (χ3v) is 4.97. The zero-order chi connectivity index (χ0) is 21.3. The molecule has 1 aliphatic rings. The first-order valence-corrected chi connectivity index (χ1v) is 8.91. The largest absolute Gasteiger partial charge is 0.416 e. The molecule has 0 radical (unpaired) electrons. The number of benzene rings is 1. The van der Waals surface area contributed by atoms with E-state index < -0.39 is 17.6 Å². The highest BCUT2D eigenvalue weighted by Gasteiger charge is 2.31. The maximum absolute atomic E-state index is 12.8. The number of carbonyl (C=O) groups is 2. The van der Waals surface area contributed by atoms with Crippen molar-refractivity contribution in [1.82, 2.24) is 14.9 Å². The summed E-state index contributed by atoms with van der Waals surface area (Å²) in [5.41, 5.74) is 5.26. The first kappa shape index (κ1) is 20.6. The van der Waals surface area contributed by atoms with E-state index in [4.69, 9.17) is 5.73 Å². The van der Waals surface area contributed by atoms with E-state index in [-0.39, 0.29) is 23.6 Å². The van der Waals surface area contributed by atoms with Gasteiger partial charge in [-0.1, -0.05) is 12.1 Å². The van der Waals surface area contributed by atoms with Crippen LogP contribution in [0.5, 0.6) is 0 Å². The fourth-order valence-corrected chi connectivity index (χ4v) is 3.18. The molecule has 2 heterocycles. The van der Waals surface area contributed by atoms with E-state index in [1.807, 2.05) is 4.90 Å². The molecule has 1 saturated heterocycles. The molecule has 7 nitrogen and oxygen atoms in total. The number of aromatic nitrogens is 2. The van der Waals surface area contributed by atoms with Crippen molar-refractivity contribution in [2.24, 2.45) is 5.73 Å². The minimum atomic E-state index is -4.44. The number of alkyl halides is 3. The van der Waals surface area contributed by atoms with Gasteiger partial charge in [0.05, 0.1) is 17.3 Å². The maximum Gasteiger partial charge on any atom is 0.416 e. The van der Waals surface area contributed by atoms with Crippen molar-refractivity contribution in [2.45, 2.75) is 25.6 Å². The van der Waals surface area contributed by atoms with Crippen LogP contribution in [0.3, 0.4) is 0 Å². The Balaban J connectivity index is 1.93. The monoisotopic (exact) mass is 407 g/mol. The number of hydrogen-bond donors (Lipinski definition) is 1. The molecule has 29 heavy (non-hydrogen) atoms. The van der Waals surface area contributed by atoms with Gasteiger partial charge in [0.2, 0.25) is 11.9 Å². The van der Waals surface area contributed by atoms with Crippen LogP contribution in [0.4, 0.5) is 19.1 Å². The quantitative estimate of drug-likeness (QED) is 0.840. The van der Waals surface area contributed by atoms with Crippen molar-refractivity contribution >= 4 is 17.8 Å². The molecule has 2 N–H and O–H groups in total. The van der Waals surface area contributed by atoms with Gasteiger partial charge in [-0.2, -0.15) is 13.2 Å². The second-order valence-corrected chi connectivity index (χ2v) is 6.90. The van der Waals surface area contributed by atoms with Gasteiger partial charge in [-0.15, -0.1) is 0 Å². The average Bonchev–Trinajstić information content (AvgIpc) is 3.16. The maximum atomic E-state index is 12.8. The molecule has 0 aliphatic carbocycles. The van der Waals surface area contributed by atoms with Gasteiger partial charge in [0, 0.05) is 32.6 Å². The van der Waals surface area contributed by atoms with Crippen LogP contribution in [-0.2, 0) is 11.0 Å². The first-order chi connectivity index (χ1) is 13.6. The summed E-state index contributed by atoms with van der Waals surface area (Å²) in [4.78, 5) is 35.4. The van der Waals surface area contributed by atoms with Crippen LogP contribution in [0.15, 0.2) is 30.3 Å². The Morgan fingerprint density at radius 2 is 1.86 bits per heavy atom. The van der Waals surface area contributed by atoms with E-state index in [9.17, 15) is 22.8 Å². The van der Waals surface area contributed by atoms with E-state index >= 15 is 0 Å². The van der Waals surface area contributed by atoms with Gasteiger partial charge >= 0.3 is 6.18 Å². The molecule has 1 atom stereocenters. The normalized spacial score (nSPS) is 16.7. The van der Waals surface area contributed by atoms with E-state index in [2.05, 4.69) is 9.97 Å². The molecule has 0 spiro atoms. The SMILES string of the molecule is CC(=O)N(C)C1CCN(c2nc(C(N)=O)cc(-c3ccc(C(F)(F)F)cc3)n2)C1. The predicted molar refractivity (Wildman–Crippen MR) is 100 cm³/mol. The van der Waals surface area contributed by atoms with E-state index in [1.165, 1.54) is 25.1 Å². The lowest BCUT2D eigenvalue weighted by Crippen LogP contribution is -2.38. The molecule has 154 valence electrons. The van der Waals surface area contributed by atoms with Gasteiger partial charge in [-0.3, -0.25) is 9.59 Å². The molecule has 2 amide bonds. The molecule has 3 rings (SSSR count).